The molecule has 1 fully saturated rings. The van der Waals surface area contributed by atoms with Gasteiger partial charge in [0.15, 0.2) is 0 Å². The lowest BCUT2D eigenvalue weighted by atomic mass is 10.0. The number of rotatable bonds is 5. The van der Waals surface area contributed by atoms with Crippen molar-refractivity contribution in [3.8, 4) is 0 Å². The van der Waals surface area contributed by atoms with E-state index in [0.717, 1.165) is 30.9 Å². The fourth-order valence-corrected chi connectivity index (χ4v) is 4.57. The summed E-state index contributed by atoms with van der Waals surface area (Å²) >= 11 is 0. The molecule has 1 N–H and O–H groups in total. The minimum Gasteiger partial charge on any atom is -0.374 e. The molecule has 2 aliphatic rings. The summed E-state index contributed by atoms with van der Waals surface area (Å²) in [6.45, 7) is 7.78. The molecule has 0 radical (unpaired) electrons. The van der Waals surface area contributed by atoms with Crippen LogP contribution in [-0.4, -0.2) is 54.0 Å². The highest BCUT2D eigenvalue weighted by atomic mass is 16.2. The number of amides is 1. The zero-order valence-corrected chi connectivity index (χ0v) is 18.9. The summed E-state index contributed by atoms with van der Waals surface area (Å²) in [5.41, 5.74) is 3.69. The summed E-state index contributed by atoms with van der Waals surface area (Å²) in [5, 5.41) is 0. The van der Waals surface area contributed by atoms with Crippen molar-refractivity contribution in [2.24, 2.45) is 5.92 Å². The molecule has 0 aliphatic carbocycles. The number of anilines is 2. The van der Waals surface area contributed by atoms with Crippen molar-refractivity contribution in [2.75, 3.05) is 43.0 Å². The van der Waals surface area contributed by atoms with Crippen LogP contribution in [0.5, 0.6) is 0 Å². The molecule has 31 heavy (non-hydrogen) atoms. The maximum Gasteiger partial charge on any atom is 0.257 e. The minimum absolute atomic E-state index is 0.0819. The number of piperidine rings is 1. The zero-order valence-electron chi connectivity index (χ0n) is 18.9. The van der Waals surface area contributed by atoms with Crippen LogP contribution in [0.4, 0.5) is 11.6 Å². The van der Waals surface area contributed by atoms with E-state index >= 15 is 0 Å². The second kappa shape index (κ2) is 9.12. The molecule has 0 bridgehead atoms. The lowest BCUT2D eigenvalue weighted by Gasteiger charge is -2.33. The van der Waals surface area contributed by atoms with Gasteiger partial charge in [0.25, 0.3) is 5.56 Å². The summed E-state index contributed by atoms with van der Waals surface area (Å²) in [6, 6.07) is 8.27. The van der Waals surface area contributed by atoms with Gasteiger partial charge in [-0.25, -0.2) is 4.98 Å². The van der Waals surface area contributed by atoms with E-state index in [4.69, 9.17) is 4.98 Å². The van der Waals surface area contributed by atoms with Crippen molar-refractivity contribution in [1.29, 1.82) is 0 Å². The number of aromatic nitrogens is 2. The third kappa shape index (κ3) is 4.92. The second-order valence-electron chi connectivity index (χ2n) is 9.08. The Hall–Kier alpha value is -2.83. The lowest BCUT2D eigenvalue weighted by molar-refractivity contribution is -0.131. The number of aromatic amines is 1. The monoisotopic (exact) mass is 423 g/mol. The highest BCUT2D eigenvalue weighted by Gasteiger charge is 2.26. The van der Waals surface area contributed by atoms with Gasteiger partial charge in [-0.15, -0.1) is 0 Å². The molecule has 3 heterocycles. The lowest BCUT2D eigenvalue weighted by Crippen LogP contribution is -2.42. The van der Waals surface area contributed by atoms with E-state index in [1.54, 1.807) is 4.90 Å². The predicted molar refractivity (Wildman–Crippen MR) is 124 cm³/mol. The SMILES string of the molecule is Cc1cccc(N(C)CCC(=O)N2CCc3nc(N4CCC[C@@H](C)C4)[nH]c(=O)c3C2)c1. The number of carbonyl (C=O) groups excluding carboxylic acids is 1. The maximum atomic E-state index is 12.8. The molecule has 2 aromatic rings. The van der Waals surface area contributed by atoms with Crippen LogP contribution < -0.4 is 15.4 Å². The van der Waals surface area contributed by atoms with Crippen molar-refractivity contribution in [1.82, 2.24) is 14.9 Å². The highest BCUT2D eigenvalue weighted by molar-refractivity contribution is 5.77. The molecule has 0 saturated carbocycles. The van der Waals surface area contributed by atoms with Crippen LogP contribution in [0.25, 0.3) is 0 Å². The number of nitrogens with zero attached hydrogens (tertiary/aromatic N) is 4. The first kappa shape index (κ1) is 21.4. The largest absolute Gasteiger partial charge is 0.374 e. The van der Waals surface area contributed by atoms with Crippen molar-refractivity contribution in [2.45, 2.75) is 46.1 Å². The Kier molecular flexibility index (Phi) is 6.30. The van der Waals surface area contributed by atoms with Gasteiger partial charge in [0.2, 0.25) is 11.9 Å². The number of carbonyl (C=O) groups is 1. The van der Waals surface area contributed by atoms with E-state index in [0.29, 0.717) is 49.9 Å². The van der Waals surface area contributed by atoms with E-state index in [9.17, 15) is 9.59 Å². The van der Waals surface area contributed by atoms with Crippen LogP contribution in [0.2, 0.25) is 0 Å². The number of fused-ring (bicyclic) bond motifs is 1. The normalized spacial score (nSPS) is 18.6. The van der Waals surface area contributed by atoms with Gasteiger partial charge < -0.3 is 14.7 Å². The van der Waals surface area contributed by atoms with Gasteiger partial charge in [0.1, 0.15) is 0 Å². The van der Waals surface area contributed by atoms with E-state index in [2.05, 4.69) is 46.8 Å². The molecule has 1 saturated heterocycles. The standard InChI is InChI=1S/C24H33N5O2/c1-17-6-4-8-19(14-17)27(3)12-10-22(30)28-13-9-21-20(16-28)23(31)26-24(25-21)29-11-5-7-18(2)15-29/h4,6,8,14,18H,5,7,9-13,15-16H2,1-3H3,(H,25,26,31)/t18-/m1/s1. The second-order valence-corrected chi connectivity index (χ2v) is 9.08. The highest BCUT2D eigenvalue weighted by Crippen LogP contribution is 2.22. The Balaban J connectivity index is 1.39. The summed E-state index contributed by atoms with van der Waals surface area (Å²) < 4.78 is 0. The Morgan fingerprint density at radius 2 is 2.16 bits per heavy atom. The molecule has 0 unspecified atom stereocenters. The van der Waals surface area contributed by atoms with Crippen LogP contribution in [0, 0.1) is 12.8 Å². The first-order valence-electron chi connectivity index (χ1n) is 11.3. The van der Waals surface area contributed by atoms with Crippen LogP contribution >= 0.6 is 0 Å². The third-order valence-corrected chi connectivity index (χ3v) is 6.47. The first-order valence-corrected chi connectivity index (χ1v) is 11.3. The molecule has 1 aromatic carbocycles. The van der Waals surface area contributed by atoms with Crippen LogP contribution in [0.15, 0.2) is 29.1 Å². The average Bonchev–Trinajstić information content (AvgIpc) is 2.77. The minimum atomic E-state index is -0.104. The van der Waals surface area contributed by atoms with Gasteiger partial charge in [-0.3, -0.25) is 14.6 Å². The number of nitrogens with one attached hydrogen (secondary N) is 1. The fourth-order valence-electron chi connectivity index (χ4n) is 4.57. The number of hydrogen-bond acceptors (Lipinski definition) is 5. The van der Waals surface area contributed by atoms with Crippen molar-refractivity contribution in [3.05, 3.63) is 51.4 Å². The number of benzene rings is 1. The smallest absolute Gasteiger partial charge is 0.257 e. The van der Waals surface area contributed by atoms with Gasteiger partial charge in [-0.1, -0.05) is 19.1 Å². The van der Waals surface area contributed by atoms with E-state index < -0.39 is 0 Å². The van der Waals surface area contributed by atoms with Crippen LogP contribution in [-0.2, 0) is 17.8 Å². The molecule has 0 spiro atoms. The van der Waals surface area contributed by atoms with Crippen molar-refractivity contribution < 1.29 is 4.79 Å². The van der Waals surface area contributed by atoms with Gasteiger partial charge >= 0.3 is 0 Å². The summed E-state index contributed by atoms with van der Waals surface area (Å²) in [5.74, 6) is 1.38. The Labute approximate surface area is 184 Å². The molecule has 1 aromatic heterocycles. The predicted octanol–water partition coefficient (Wildman–Crippen LogP) is 2.73. The number of hydrogen-bond donors (Lipinski definition) is 1. The fraction of sp³-hybridized carbons (Fsp3) is 0.542. The van der Waals surface area contributed by atoms with Gasteiger partial charge in [0.05, 0.1) is 17.8 Å². The average molecular weight is 424 g/mol. The van der Waals surface area contributed by atoms with Gasteiger partial charge in [-0.05, 0) is 43.4 Å². The molecule has 1 amide bonds. The zero-order chi connectivity index (χ0) is 22.0. The van der Waals surface area contributed by atoms with E-state index in [1.807, 2.05) is 13.1 Å². The Bertz CT molecular complexity index is 1000. The van der Waals surface area contributed by atoms with Crippen molar-refractivity contribution in [3.63, 3.8) is 0 Å². The van der Waals surface area contributed by atoms with Crippen molar-refractivity contribution >= 4 is 17.5 Å². The molecule has 7 nitrogen and oxygen atoms in total. The molecule has 2 aliphatic heterocycles. The molecule has 1 atom stereocenters. The number of aryl methyl sites for hydroxylation is 1. The van der Waals surface area contributed by atoms with E-state index in [-0.39, 0.29) is 11.5 Å². The molecular weight excluding hydrogens is 390 g/mol. The third-order valence-electron chi connectivity index (χ3n) is 6.47. The topological polar surface area (TPSA) is 72.5 Å². The Morgan fingerprint density at radius 1 is 1.32 bits per heavy atom. The molecule has 7 heteroatoms. The first-order chi connectivity index (χ1) is 14.9. The quantitative estimate of drug-likeness (QED) is 0.801. The summed E-state index contributed by atoms with van der Waals surface area (Å²) in [7, 11) is 2.01. The Morgan fingerprint density at radius 3 is 2.94 bits per heavy atom. The summed E-state index contributed by atoms with van der Waals surface area (Å²) in [6.07, 6.45) is 3.41. The molecule has 4 rings (SSSR count). The molecule has 166 valence electrons. The molecular formula is C24H33N5O2. The summed E-state index contributed by atoms with van der Waals surface area (Å²) in [4.78, 5) is 39.5. The maximum absolute atomic E-state index is 12.8. The number of H-pyrrole nitrogens is 1. The van der Waals surface area contributed by atoms with Gasteiger partial charge in [0, 0.05) is 51.8 Å². The van der Waals surface area contributed by atoms with Crippen LogP contribution in [0.1, 0.15) is 43.0 Å². The van der Waals surface area contributed by atoms with E-state index in [1.165, 1.54) is 12.0 Å². The van der Waals surface area contributed by atoms with Gasteiger partial charge in [-0.2, -0.15) is 0 Å². The van der Waals surface area contributed by atoms with Crippen LogP contribution in [0.3, 0.4) is 0 Å².